The molecule has 4 heterocycles. The molecule has 0 radical (unpaired) electrons. The lowest BCUT2D eigenvalue weighted by Gasteiger charge is -2.29. The van der Waals surface area contributed by atoms with Crippen molar-refractivity contribution in [1.82, 2.24) is 24.8 Å². The lowest BCUT2D eigenvalue weighted by atomic mass is 10.1. The second-order valence-corrected chi connectivity index (χ2v) is 8.55. The minimum absolute atomic E-state index is 0. The van der Waals surface area contributed by atoms with E-state index in [0.29, 0.717) is 23.0 Å². The van der Waals surface area contributed by atoms with Crippen LogP contribution in [0.2, 0.25) is 0 Å². The molecule has 0 unspecified atom stereocenters. The molecule has 5 rings (SSSR count). The number of aromatic nitrogens is 4. The lowest BCUT2D eigenvalue weighted by Crippen LogP contribution is -2.43. The largest absolute Gasteiger partial charge is 0.368 e. The summed E-state index contributed by atoms with van der Waals surface area (Å²) in [6.07, 6.45) is 9.59. The van der Waals surface area contributed by atoms with Crippen LogP contribution in [-0.2, 0) is 0 Å². The summed E-state index contributed by atoms with van der Waals surface area (Å²) < 4.78 is 1.86. The van der Waals surface area contributed by atoms with Gasteiger partial charge in [0.15, 0.2) is 0 Å². The Bertz CT molecular complexity index is 1200. The van der Waals surface area contributed by atoms with Gasteiger partial charge in [0.2, 0.25) is 5.95 Å². The van der Waals surface area contributed by atoms with Gasteiger partial charge in [0.1, 0.15) is 11.5 Å². The molecule has 10 heteroatoms. The molecule has 1 aliphatic heterocycles. The van der Waals surface area contributed by atoms with Crippen molar-refractivity contribution in [3.05, 3.63) is 52.6 Å². The maximum atomic E-state index is 13.3. The van der Waals surface area contributed by atoms with E-state index < -0.39 is 0 Å². The first-order valence-corrected chi connectivity index (χ1v) is 11.4. The molecule has 8 nitrogen and oxygen atoms in total. The fourth-order valence-electron chi connectivity index (χ4n) is 4.84. The minimum atomic E-state index is -0.0138. The zero-order valence-corrected chi connectivity index (χ0v) is 20.9. The van der Waals surface area contributed by atoms with E-state index in [4.69, 9.17) is 4.98 Å². The number of nitrogens with zero attached hydrogens (tertiary/aromatic N) is 5. The number of halogens is 2. The fraction of sp³-hybridized carbons (Fsp3) is 0.417. The van der Waals surface area contributed by atoms with Gasteiger partial charge in [-0.1, -0.05) is 25.5 Å². The van der Waals surface area contributed by atoms with E-state index in [9.17, 15) is 4.79 Å². The first-order valence-electron chi connectivity index (χ1n) is 11.4. The molecule has 0 aromatic carbocycles. The quantitative estimate of drug-likeness (QED) is 0.537. The topological polar surface area (TPSA) is 88.0 Å². The van der Waals surface area contributed by atoms with Crippen LogP contribution in [0.15, 0.2) is 35.9 Å². The van der Waals surface area contributed by atoms with E-state index in [0.717, 1.165) is 68.5 Å². The zero-order valence-electron chi connectivity index (χ0n) is 19.3. The van der Waals surface area contributed by atoms with Crippen molar-refractivity contribution >= 4 is 59.4 Å². The van der Waals surface area contributed by atoms with Crippen molar-refractivity contribution in [3.8, 4) is 0 Å². The Morgan fingerprint density at radius 3 is 2.50 bits per heavy atom. The number of aryl methyl sites for hydroxylation is 1. The molecule has 34 heavy (non-hydrogen) atoms. The van der Waals surface area contributed by atoms with Gasteiger partial charge in [0.05, 0.1) is 11.9 Å². The van der Waals surface area contributed by atoms with Gasteiger partial charge in [-0.15, -0.1) is 24.8 Å². The predicted molar refractivity (Wildman–Crippen MR) is 143 cm³/mol. The third-order valence-corrected chi connectivity index (χ3v) is 6.62. The van der Waals surface area contributed by atoms with Crippen molar-refractivity contribution in [1.29, 1.82) is 0 Å². The summed E-state index contributed by atoms with van der Waals surface area (Å²) in [4.78, 5) is 29.4. The van der Waals surface area contributed by atoms with Crippen LogP contribution in [0, 0.1) is 6.92 Å². The second kappa shape index (κ2) is 11.2. The molecule has 2 N–H and O–H groups in total. The maximum Gasteiger partial charge on any atom is 0.259 e. The summed E-state index contributed by atoms with van der Waals surface area (Å²) in [6.45, 7) is 9.73. The van der Waals surface area contributed by atoms with Gasteiger partial charge < -0.3 is 15.5 Å². The Kier molecular flexibility index (Phi) is 8.52. The number of piperazine rings is 1. The standard InChI is InChI=1S/C24H29N7O.2ClH/c1-3-19-16(2)20-15-27-24(29-22(20)31(23(19)32)17-6-4-5-7-17)28-21-9-8-18(14-26-21)30-12-10-25-11-13-30;;/h3,8-9,14-15,17,25H,1,4-7,10-13H2,2H3,(H,26,27,28,29);2*1H. The van der Waals surface area contributed by atoms with Gasteiger partial charge >= 0.3 is 0 Å². The normalized spacial score (nSPS) is 16.1. The Hall–Kier alpha value is -2.68. The van der Waals surface area contributed by atoms with Crippen LogP contribution in [0.4, 0.5) is 17.5 Å². The molecule has 0 spiro atoms. The molecular formula is C24H31Cl2N7O. The summed E-state index contributed by atoms with van der Waals surface area (Å²) in [5.41, 5.74) is 3.29. The van der Waals surface area contributed by atoms with Crippen LogP contribution in [0.1, 0.15) is 42.9 Å². The first-order chi connectivity index (χ1) is 15.7. The summed E-state index contributed by atoms with van der Waals surface area (Å²) in [7, 11) is 0. The van der Waals surface area contributed by atoms with Crippen LogP contribution in [-0.4, -0.2) is 45.7 Å². The van der Waals surface area contributed by atoms with Crippen molar-refractivity contribution in [2.45, 2.75) is 38.6 Å². The number of nitrogens with one attached hydrogen (secondary N) is 2. The zero-order chi connectivity index (χ0) is 22.1. The highest BCUT2D eigenvalue weighted by Gasteiger charge is 2.23. The Labute approximate surface area is 211 Å². The highest BCUT2D eigenvalue weighted by Crippen LogP contribution is 2.32. The summed E-state index contributed by atoms with van der Waals surface area (Å²) in [5, 5.41) is 7.46. The fourth-order valence-corrected chi connectivity index (χ4v) is 4.84. The lowest BCUT2D eigenvalue weighted by molar-refractivity contribution is 0.515. The van der Waals surface area contributed by atoms with Crippen molar-refractivity contribution in [2.24, 2.45) is 0 Å². The summed E-state index contributed by atoms with van der Waals surface area (Å²) >= 11 is 0. The van der Waals surface area contributed by atoms with Gasteiger partial charge in [0, 0.05) is 49.4 Å². The summed E-state index contributed by atoms with van der Waals surface area (Å²) in [6, 6.07) is 4.18. The van der Waals surface area contributed by atoms with E-state index in [2.05, 4.69) is 38.1 Å². The highest BCUT2D eigenvalue weighted by atomic mass is 35.5. The molecule has 0 bridgehead atoms. The number of fused-ring (bicyclic) bond motifs is 1. The van der Waals surface area contributed by atoms with Crippen LogP contribution in [0.3, 0.4) is 0 Å². The number of rotatable bonds is 5. The molecule has 0 amide bonds. The number of pyridine rings is 2. The van der Waals surface area contributed by atoms with Crippen LogP contribution in [0.5, 0.6) is 0 Å². The van der Waals surface area contributed by atoms with Crippen molar-refractivity contribution < 1.29 is 0 Å². The van der Waals surface area contributed by atoms with Gasteiger partial charge in [-0.2, -0.15) is 4.98 Å². The van der Waals surface area contributed by atoms with E-state index in [1.807, 2.05) is 23.8 Å². The Morgan fingerprint density at radius 2 is 1.85 bits per heavy atom. The average molecular weight is 504 g/mol. The SMILES string of the molecule is C=Cc1c(C)c2cnc(Nc3ccc(N4CCNCC4)cn3)nc2n(C2CCCC2)c1=O.Cl.Cl. The monoisotopic (exact) mass is 503 g/mol. The Balaban J connectivity index is 0.00000162. The minimum Gasteiger partial charge on any atom is -0.368 e. The molecule has 3 aromatic heterocycles. The molecule has 2 aliphatic rings. The van der Waals surface area contributed by atoms with Crippen LogP contribution >= 0.6 is 24.8 Å². The molecule has 1 saturated heterocycles. The second-order valence-electron chi connectivity index (χ2n) is 8.55. The van der Waals surface area contributed by atoms with E-state index in [1.165, 1.54) is 0 Å². The molecular weight excluding hydrogens is 473 g/mol. The van der Waals surface area contributed by atoms with E-state index >= 15 is 0 Å². The third kappa shape index (κ3) is 4.89. The third-order valence-electron chi connectivity index (χ3n) is 6.62. The Morgan fingerprint density at radius 1 is 1.12 bits per heavy atom. The first kappa shape index (κ1) is 25.9. The maximum absolute atomic E-state index is 13.3. The van der Waals surface area contributed by atoms with E-state index in [-0.39, 0.29) is 36.4 Å². The summed E-state index contributed by atoms with van der Waals surface area (Å²) in [5.74, 6) is 1.12. The van der Waals surface area contributed by atoms with E-state index in [1.54, 1.807) is 12.3 Å². The van der Waals surface area contributed by atoms with Crippen molar-refractivity contribution in [3.63, 3.8) is 0 Å². The number of hydrogen-bond acceptors (Lipinski definition) is 7. The molecule has 182 valence electrons. The smallest absolute Gasteiger partial charge is 0.259 e. The molecule has 0 atom stereocenters. The van der Waals surface area contributed by atoms with Crippen molar-refractivity contribution in [2.75, 3.05) is 36.4 Å². The molecule has 1 saturated carbocycles. The van der Waals surface area contributed by atoms with Gasteiger partial charge in [-0.05, 0) is 37.5 Å². The van der Waals surface area contributed by atoms with Crippen LogP contribution in [0.25, 0.3) is 17.1 Å². The van der Waals surface area contributed by atoms with Gasteiger partial charge in [-0.25, -0.2) is 9.97 Å². The predicted octanol–water partition coefficient (Wildman–Crippen LogP) is 4.25. The highest BCUT2D eigenvalue weighted by molar-refractivity contribution is 5.85. The molecule has 2 fully saturated rings. The molecule has 3 aromatic rings. The molecule has 1 aliphatic carbocycles. The van der Waals surface area contributed by atoms with Gasteiger partial charge in [0.25, 0.3) is 5.56 Å². The van der Waals surface area contributed by atoms with Gasteiger partial charge in [-0.3, -0.25) is 9.36 Å². The number of anilines is 3. The average Bonchev–Trinajstić information content (AvgIpc) is 3.35. The number of hydrogen-bond donors (Lipinski definition) is 2. The van der Waals surface area contributed by atoms with Crippen LogP contribution < -0.4 is 21.1 Å².